The summed E-state index contributed by atoms with van der Waals surface area (Å²) in [5.41, 5.74) is 1.34. The molecule has 0 spiro atoms. The third kappa shape index (κ3) is 6.10. The number of aromatic carboxylic acids is 1. The lowest BCUT2D eigenvalue weighted by Gasteiger charge is -2.13. The maximum Gasteiger partial charge on any atom is 0.433 e. The molecule has 5 nitrogen and oxygen atoms in total. The third-order valence-corrected chi connectivity index (χ3v) is 4.35. The highest BCUT2D eigenvalue weighted by atomic mass is 19.4. The van der Waals surface area contributed by atoms with Crippen LogP contribution in [-0.2, 0) is 6.18 Å². The molecule has 8 heteroatoms. The summed E-state index contributed by atoms with van der Waals surface area (Å²) in [5.74, 6) is 0.157. The van der Waals surface area contributed by atoms with E-state index in [0.29, 0.717) is 22.8 Å². The Bertz CT molecular complexity index is 1140. The van der Waals surface area contributed by atoms with E-state index in [0.717, 1.165) is 23.4 Å². The van der Waals surface area contributed by atoms with Crippen LogP contribution in [0.5, 0.6) is 17.2 Å². The van der Waals surface area contributed by atoms with Gasteiger partial charge in [0.05, 0.1) is 5.56 Å². The molecule has 166 valence electrons. The molecule has 32 heavy (non-hydrogen) atoms. The molecular formula is C24H20F3NO4. The van der Waals surface area contributed by atoms with Crippen LogP contribution in [0.15, 0.2) is 60.8 Å². The van der Waals surface area contributed by atoms with Gasteiger partial charge in [-0.15, -0.1) is 0 Å². The van der Waals surface area contributed by atoms with Gasteiger partial charge in [0.15, 0.2) is 11.5 Å². The van der Waals surface area contributed by atoms with Crippen LogP contribution in [0.3, 0.4) is 0 Å². The lowest BCUT2D eigenvalue weighted by Crippen LogP contribution is -2.07. The van der Waals surface area contributed by atoms with Crippen molar-refractivity contribution in [3.8, 4) is 17.2 Å². The molecule has 0 bridgehead atoms. The number of carboxylic acids is 1. The van der Waals surface area contributed by atoms with Crippen molar-refractivity contribution in [2.75, 3.05) is 6.61 Å². The highest BCUT2D eigenvalue weighted by Gasteiger charge is 2.31. The largest absolute Gasteiger partial charge is 0.486 e. The van der Waals surface area contributed by atoms with Crippen molar-refractivity contribution in [1.29, 1.82) is 0 Å². The van der Waals surface area contributed by atoms with E-state index < -0.39 is 17.8 Å². The number of benzene rings is 2. The van der Waals surface area contributed by atoms with Gasteiger partial charge in [-0.25, -0.2) is 4.79 Å². The van der Waals surface area contributed by atoms with E-state index in [4.69, 9.17) is 9.47 Å². The molecule has 0 amide bonds. The van der Waals surface area contributed by atoms with Gasteiger partial charge in [0.1, 0.15) is 18.1 Å². The minimum atomic E-state index is -4.48. The number of carbonyl (C=O) groups is 1. The summed E-state index contributed by atoms with van der Waals surface area (Å²) in [6.07, 6.45) is -0.0947. The summed E-state index contributed by atoms with van der Waals surface area (Å²) in [4.78, 5) is 14.7. The Morgan fingerprint density at radius 2 is 1.81 bits per heavy atom. The molecule has 2 aromatic carbocycles. The topological polar surface area (TPSA) is 68.7 Å². The van der Waals surface area contributed by atoms with Crippen LogP contribution in [-0.4, -0.2) is 22.7 Å². The number of aryl methyl sites for hydroxylation is 2. The number of pyridine rings is 1. The molecule has 0 unspecified atom stereocenters. The number of rotatable bonds is 7. The van der Waals surface area contributed by atoms with Gasteiger partial charge in [-0.1, -0.05) is 18.2 Å². The average molecular weight is 443 g/mol. The molecule has 0 aliphatic carbocycles. The summed E-state index contributed by atoms with van der Waals surface area (Å²) in [6.45, 7) is 3.79. The molecule has 0 aliphatic rings. The summed E-state index contributed by atoms with van der Waals surface area (Å²) < 4.78 is 49.4. The number of halogens is 3. The number of aromatic nitrogens is 1. The molecule has 0 aliphatic heterocycles. The molecular weight excluding hydrogens is 423 g/mol. The van der Waals surface area contributed by atoms with E-state index in [-0.39, 0.29) is 12.2 Å². The van der Waals surface area contributed by atoms with Gasteiger partial charge in [-0.05, 0) is 73.0 Å². The molecule has 0 fully saturated rings. The maximum absolute atomic E-state index is 12.6. The molecule has 3 aromatic rings. The standard InChI is InChI=1S/C24H20F3NO4/c1-15-5-7-20(32-19-11-16(2)10-18(13-19)23(29)30)21(12-15)31-9-3-4-17-6-8-22(28-14-17)24(25,26)27/h3-8,10-14H,9H2,1-2H3,(H,29,30)/b4-3+. The number of alkyl halides is 3. The Morgan fingerprint density at radius 1 is 1.03 bits per heavy atom. The Balaban J connectivity index is 1.71. The second-order valence-corrected chi connectivity index (χ2v) is 7.08. The van der Waals surface area contributed by atoms with Crippen molar-refractivity contribution in [3.63, 3.8) is 0 Å². The van der Waals surface area contributed by atoms with Gasteiger partial charge < -0.3 is 14.6 Å². The van der Waals surface area contributed by atoms with Crippen molar-refractivity contribution in [3.05, 3.63) is 88.8 Å². The molecule has 0 atom stereocenters. The Morgan fingerprint density at radius 3 is 2.47 bits per heavy atom. The van der Waals surface area contributed by atoms with E-state index in [1.807, 2.05) is 13.0 Å². The fourth-order valence-electron chi connectivity index (χ4n) is 2.86. The summed E-state index contributed by atoms with van der Waals surface area (Å²) in [7, 11) is 0. The zero-order chi connectivity index (χ0) is 23.3. The monoisotopic (exact) mass is 443 g/mol. The fourth-order valence-corrected chi connectivity index (χ4v) is 2.86. The van der Waals surface area contributed by atoms with Crippen LogP contribution in [0.2, 0.25) is 0 Å². The van der Waals surface area contributed by atoms with Gasteiger partial charge in [0.25, 0.3) is 0 Å². The number of hydrogen-bond acceptors (Lipinski definition) is 4. The second kappa shape index (κ2) is 9.55. The van der Waals surface area contributed by atoms with E-state index >= 15 is 0 Å². The summed E-state index contributed by atoms with van der Waals surface area (Å²) >= 11 is 0. The first-order valence-corrected chi connectivity index (χ1v) is 9.58. The van der Waals surface area contributed by atoms with Crippen molar-refractivity contribution in [2.45, 2.75) is 20.0 Å². The van der Waals surface area contributed by atoms with Crippen molar-refractivity contribution < 1.29 is 32.5 Å². The number of carboxylic acid groups (broad SMARTS) is 1. The molecule has 1 aromatic heterocycles. The van der Waals surface area contributed by atoms with Gasteiger partial charge >= 0.3 is 12.1 Å². The highest BCUT2D eigenvalue weighted by molar-refractivity contribution is 5.88. The van der Waals surface area contributed by atoms with Crippen LogP contribution in [0.1, 0.15) is 32.7 Å². The predicted molar refractivity (Wildman–Crippen MR) is 113 cm³/mol. The van der Waals surface area contributed by atoms with Crippen LogP contribution < -0.4 is 9.47 Å². The number of ether oxygens (including phenoxy) is 2. The van der Waals surface area contributed by atoms with E-state index in [9.17, 15) is 23.1 Å². The van der Waals surface area contributed by atoms with E-state index in [1.165, 1.54) is 12.1 Å². The van der Waals surface area contributed by atoms with Crippen LogP contribution >= 0.6 is 0 Å². The quantitative estimate of drug-likeness (QED) is 0.464. The van der Waals surface area contributed by atoms with Crippen LogP contribution in [0.25, 0.3) is 6.08 Å². The molecule has 0 radical (unpaired) electrons. The van der Waals surface area contributed by atoms with E-state index in [2.05, 4.69) is 4.98 Å². The van der Waals surface area contributed by atoms with Gasteiger partial charge in [-0.3, -0.25) is 4.98 Å². The molecule has 1 N–H and O–H groups in total. The normalized spacial score (nSPS) is 11.5. The first kappa shape index (κ1) is 22.9. The predicted octanol–water partition coefficient (Wildman–Crippen LogP) is 6.30. The Labute approximate surface area is 182 Å². The zero-order valence-electron chi connectivity index (χ0n) is 17.3. The maximum atomic E-state index is 12.6. The average Bonchev–Trinajstić information content (AvgIpc) is 2.72. The number of nitrogens with zero attached hydrogens (tertiary/aromatic N) is 1. The summed E-state index contributed by atoms with van der Waals surface area (Å²) in [6, 6.07) is 12.3. The minimum absolute atomic E-state index is 0.114. The lowest BCUT2D eigenvalue weighted by atomic mass is 10.1. The van der Waals surface area contributed by atoms with E-state index in [1.54, 1.807) is 43.3 Å². The Hall–Kier alpha value is -3.81. The van der Waals surface area contributed by atoms with Crippen molar-refractivity contribution >= 4 is 12.0 Å². The SMILES string of the molecule is Cc1cc(Oc2ccc(C)cc2OC/C=C/c2ccc(C(F)(F)F)nc2)cc(C(=O)O)c1. The van der Waals surface area contributed by atoms with Crippen LogP contribution in [0, 0.1) is 13.8 Å². The van der Waals surface area contributed by atoms with Gasteiger partial charge in [-0.2, -0.15) is 13.2 Å². The van der Waals surface area contributed by atoms with Gasteiger partial charge in [0.2, 0.25) is 0 Å². The third-order valence-electron chi connectivity index (χ3n) is 4.35. The van der Waals surface area contributed by atoms with Crippen LogP contribution in [0.4, 0.5) is 13.2 Å². The molecule has 0 saturated carbocycles. The smallest absolute Gasteiger partial charge is 0.433 e. The molecule has 1 heterocycles. The van der Waals surface area contributed by atoms with Gasteiger partial charge in [0, 0.05) is 6.20 Å². The zero-order valence-corrected chi connectivity index (χ0v) is 17.3. The highest BCUT2D eigenvalue weighted by Crippen LogP contribution is 2.33. The number of hydrogen-bond donors (Lipinski definition) is 1. The Kier molecular flexibility index (Phi) is 6.82. The first-order valence-electron chi connectivity index (χ1n) is 9.58. The molecule has 0 saturated heterocycles. The second-order valence-electron chi connectivity index (χ2n) is 7.08. The first-order chi connectivity index (χ1) is 15.1. The van der Waals surface area contributed by atoms with Crippen molar-refractivity contribution in [2.24, 2.45) is 0 Å². The molecule has 3 rings (SSSR count). The minimum Gasteiger partial charge on any atom is -0.486 e. The summed E-state index contributed by atoms with van der Waals surface area (Å²) in [5, 5.41) is 9.23. The lowest BCUT2D eigenvalue weighted by molar-refractivity contribution is -0.141. The fraction of sp³-hybridized carbons (Fsp3) is 0.167. The van der Waals surface area contributed by atoms with Crippen molar-refractivity contribution in [1.82, 2.24) is 4.98 Å².